The van der Waals surface area contributed by atoms with E-state index in [-0.39, 0.29) is 24.4 Å². The van der Waals surface area contributed by atoms with Crippen LogP contribution < -0.4 is 11.1 Å². The highest BCUT2D eigenvalue weighted by Gasteiger charge is 2.42. The van der Waals surface area contributed by atoms with E-state index in [4.69, 9.17) is 5.73 Å². The van der Waals surface area contributed by atoms with Gasteiger partial charge in [-0.2, -0.15) is 0 Å². The number of hydrogen-bond donors (Lipinski definition) is 2. The number of nitrogens with zero attached hydrogens (tertiary/aromatic N) is 1. The van der Waals surface area contributed by atoms with Crippen molar-refractivity contribution in [1.82, 2.24) is 10.2 Å². The average Bonchev–Trinajstić information content (AvgIpc) is 3.23. The fourth-order valence-corrected chi connectivity index (χ4v) is 5.79. The number of nitrogens with two attached hydrogens (primary N) is 1. The van der Waals surface area contributed by atoms with E-state index in [1.807, 2.05) is 4.90 Å². The van der Waals surface area contributed by atoms with Gasteiger partial charge in [0.05, 0.1) is 13.1 Å². The molecule has 3 saturated carbocycles. The van der Waals surface area contributed by atoms with E-state index in [1.165, 1.54) is 57.8 Å². The van der Waals surface area contributed by atoms with Gasteiger partial charge in [0.2, 0.25) is 11.8 Å². The fourth-order valence-electron chi connectivity index (χ4n) is 5.79. The first kappa shape index (κ1) is 19.7. The number of fused-ring (bicyclic) bond motifs is 2. The Bertz CT molecular complexity index is 490. The summed E-state index contributed by atoms with van der Waals surface area (Å²) in [5.41, 5.74) is 5.41. The van der Waals surface area contributed by atoms with Gasteiger partial charge in [0.1, 0.15) is 0 Å². The molecule has 0 aromatic carbocycles. The Morgan fingerprint density at radius 2 is 1.85 bits per heavy atom. The van der Waals surface area contributed by atoms with Crippen molar-refractivity contribution in [3.05, 3.63) is 0 Å². The summed E-state index contributed by atoms with van der Waals surface area (Å²) < 4.78 is 0. The van der Waals surface area contributed by atoms with Crippen molar-refractivity contribution in [2.24, 2.45) is 29.4 Å². The monoisotopic (exact) mass is 363 g/mol. The van der Waals surface area contributed by atoms with Crippen LogP contribution in [0.1, 0.15) is 71.1 Å². The minimum Gasteiger partial charge on any atom is -0.369 e. The third-order valence-corrected chi connectivity index (χ3v) is 7.15. The Kier molecular flexibility index (Phi) is 6.96. The Morgan fingerprint density at radius 3 is 2.46 bits per heavy atom. The summed E-state index contributed by atoms with van der Waals surface area (Å²) in [6, 6.07) is 0.242. The smallest absolute Gasteiger partial charge is 0.234 e. The minimum atomic E-state index is -0.345. The van der Waals surface area contributed by atoms with E-state index in [9.17, 15) is 9.59 Å². The lowest BCUT2D eigenvalue weighted by Crippen LogP contribution is -2.47. The Hall–Kier alpha value is -1.10. The van der Waals surface area contributed by atoms with Crippen LogP contribution in [-0.2, 0) is 9.59 Å². The number of carbonyl (C=O) groups excluding carboxylic acids is 2. The Balaban J connectivity index is 1.44. The topological polar surface area (TPSA) is 75.4 Å². The molecule has 3 aliphatic rings. The summed E-state index contributed by atoms with van der Waals surface area (Å²) >= 11 is 0. The molecule has 3 aliphatic carbocycles. The molecule has 2 bridgehead atoms. The van der Waals surface area contributed by atoms with Crippen molar-refractivity contribution in [2.75, 3.05) is 19.6 Å². The summed E-state index contributed by atoms with van der Waals surface area (Å²) in [5.74, 6) is 2.79. The highest BCUT2D eigenvalue weighted by Crippen LogP contribution is 2.49. The first-order chi connectivity index (χ1) is 12.5. The zero-order valence-electron chi connectivity index (χ0n) is 16.4. The van der Waals surface area contributed by atoms with Gasteiger partial charge in [-0.15, -0.1) is 0 Å². The van der Waals surface area contributed by atoms with E-state index in [2.05, 4.69) is 12.2 Å². The maximum Gasteiger partial charge on any atom is 0.234 e. The van der Waals surface area contributed by atoms with E-state index in [1.54, 1.807) is 0 Å². The maximum atomic E-state index is 12.6. The molecule has 0 aliphatic heterocycles. The van der Waals surface area contributed by atoms with Gasteiger partial charge in [-0.3, -0.25) is 14.5 Å². The number of hydrogen-bond acceptors (Lipinski definition) is 3. The predicted octanol–water partition coefficient (Wildman–Crippen LogP) is 2.68. The molecule has 0 aromatic rings. The highest BCUT2D eigenvalue weighted by molar-refractivity contribution is 5.80. The number of amides is 2. The first-order valence-electron chi connectivity index (χ1n) is 10.8. The van der Waals surface area contributed by atoms with Crippen LogP contribution in [0.15, 0.2) is 0 Å². The Labute approximate surface area is 158 Å². The lowest BCUT2D eigenvalue weighted by atomic mass is 9.84. The first-order valence-corrected chi connectivity index (χ1v) is 10.8. The molecule has 0 radical (unpaired) electrons. The zero-order valence-corrected chi connectivity index (χ0v) is 16.4. The van der Waals surface area contributed by atoms with E-state index >= 15 is 0 Å². The SMILES string of the molecule is CC(NC(=O)CN(CCC1CCCCC1)CC(N)=O)C1CC2CCC1C2. The van der Waals surface area contributed by atoms with Crippen molar-refractivity contribution in [1.29, 1.82) is 0 Å². The quantitative estimate of drug-likeness (QED) is 0.661. The third kappa shape index (κ3) is 5.45. The van der Waals surface area contributed by atoms with Gasteiger partial charge in [-0.1, -0.05) is 38.5 Å². The van der Waals surface area contributed by atoms with Crippen LogP contribution in [-0.4, -0.2) is 42.4 Å². The normalized spacial score (nSPS) is 29.8. The van der Waals surface area contributed by atoms with Crippen LogP contribution in [0.5, 0.6) is 0 Å². The number of primary amides is 1. The lowest BCUT2D eigenvalue weighted by Gasteiger charge is -2.30. The lowest BCUT2D eigenvalue weighted by molar-refractivity contribution is -0.124. The minimum absolute atomic E-state index is 0.0465. The summed E-state index contributed by atoms with van der Waals surface area (Å²) in [4.78, 5) is 25.9. The number of nitrogens with one attached hydrogen (secondary N) is 1. The summed E-state index contributed by atoms with van der Waals surface area (Å²) in [5, 5.41) is 3.22. The molecule has 0 saturated heterocycles. The van der Waals surface area contributed by atoms with Crippen molar-refractivity contribution in [3.8, 4) is 0 Å². The molecular weight excluding hydrogens is 326 g/mol. The highest BCUT2D eigenvalue weighted by atomic mass is 16.2. The molecule has 5 nitrogen and oxygen atoms in total. The van der Waals surface area contributed by atoms with Gasteiger partial charge in [-0.05, 0) is 62.8 Å². The van der Waals surface area contributed by atoms with Crippen molar-refractivity contribution in [2.45, 2.75) is 77.2 Å². The van der Waals surface area contributed by atoms with Gasteiger partial charge < -0.3 is 11.1 Å². The summed E-state index contributed by atoms with van der Waals surface area (Å²) in [6.07, 6.45) is 13.0. The predicted molar refractivity (Wildman–Crippen MR) is 103 cm³/mol. The van der Waals surface area contributed by atoms with E-state index < -0.39 is 0 Å². The van der Waals surface area contributed by atoms with Gasteiger partial charge >= 0.3 is 0 Å². The van der Waals surface area contributed by atoms with E-state index in [0.29, 0.717) is 12.5 Å². The molecule has 0 aromatic heterocycles. The molecular formula is C21H37N3O2. The molecule has 148 valence electrons. The fraction of sp³-hybridized carbons (Fsp3) is 0.905. The summed E-state index contributed by atoms with van der Waals surface area (Å²) in [6.45, 7) is 3.43. The largest absolute Gasteiger partial charge is 0.369 e. The van der Waals surface area contributed by atoms with Gasteiger partial charge in [0.25, 0.3) is 0 Å². The molecule has 0 spiro atoms. The molecule has 26 heavy (non-hydrogen) atoms. The van der Waals surface area contributed by atoms with Crippen molar-refractivity contribution < 1.29 is 9.59 Å². The molecule has 0 heterocycles. The molecule has 4 unspecified atom stereocenters. The number of rotatable bonds is 9. The second kappa shape index (κ2) is 9.20. The Morgan fingerprint density at radius 1 is 1.08 bits per heavy atom. The van der Waals surface area contributed by atoms with Crippen LogP contribution in [0.4, 0.5) is 0 Å². The second-order valence-electron chi connectivity index (χ2n) is 9.16. The summed E-state index contributed by atoms with van der Waals surface area (Å²) in [7, 11) is 0. The van der Waals surface area contributed by atoms with Gasteiger partial charge in [-0.25, -0.2) is 0 Å². The third-order valence-electron chi connectivity index (χ3n) is 7.15. The average molecular weight is 364 g/mol. The molecule has 3 fully saturated rings. The second-order valence-corrected chi connectivity index (χ2v) is 9.16. The van der Waals surface area contributed by atoms with Crippen LogP contribution in [0.3, 0.4) is 0 Å². The van der Waals surface area contributed by atoms with Crippen LogP contribution in [0.25, 0.3) is 0 Å². The van der Waals surface area contributed by atoms with Gasteiger partial charge in [0.15, 0.2) is 0 Å². The van der Waals surface area contributed by atoms with Crippen LogP contribution in [0.2, 0.25) is 0 Å². The van der Waals surface area contributed by atoms with Crippen molar-refractivity contribution in [3.63, 3.8) is 0 Å². The maximum absolute atomic E-state index is 12.6. The standard InChI is InChI=1S/C21H37N3O2/c1-15(19-12-17-7-8-18(19)11-17)23-21(26)14-24(13-20(22)25)10-9-16-5-3-2-4-6-16/h15-19H,2-14H2,1H3,(H2,22,25)(H,23,26). The molecule has 5 heteroatoms. The molecule has 3 rings (SSSR count). The van der Waals surface area contributed by atoms with Crippen LogP contribution in [0, 0.1) is 23.7 Å². The molecule has 2 amide bonds. The van der Waals surface area contributed by atoms with E-state index in [0.717, 1.165) is 30.7 Å². The molecule has 4 atom stereocenters. The number of carbonyl (C=O) groups is 2. The van der Waals surface area contributed by atoms with Crippen LogP contribution >= 0.6 is 0 Å². The van der Waals surface area contributed by atoms with Crippen molar-refractivity contribution >= 4 is 11.8 Å². The zero-order chi connectivity index (χ0) is 18.5. The molecule has 3 N–H and O–H groups in total. The van der Waals surface area contributed by atoms with Gasteiger partial charge in [0, 0.05) is 6.04 Å².